The van der Waals surface area contributed by atoms with Gasteiger partial charge >= 0.3 is 0 Å². The molecular formula is C30H34ClN3O6. The average Bonchev–Trinajstić information content (AvgIpc) is 3.13. The van der Waals surface area contributed by atoms with Gasteiger partial charge in [-0.2, -0.15) is 0 Å². The van der Waals surface area contributed by atoms with Crippen molar-refractivity contribution >= 4 is 41.3 Å². The molecule has 2 aliphatic rings. The van der Waals surface area contributed by atoms with Crippen molar-refractivity contribution in [2.24, 2.45) is 0 Å². The number of ether oxygens (including phenoxy) is 4. The van der Waals surface area contributed by atoms with E-state index in [4.69, 9.17) is 18.9 Å². The van der Waals surface area contributed by atoms with E-state index in [1.54, 1.807) is 12.1 Å². The number of nitrogens with one attached hydrogen (secondary N) is 1. The lowest BCUT2D eigenvalue weighted by Crippen LogP contribution is -2.43. The number of hydrogen-bond donors (Lipinski definition) is 1. The molecule has 10 heteroatoms. The number of aryl methyl sites for hydroxylation is 2. The lowest BCUT2D eigenvalue weighted by molar-refractivity contribution is -0.120. The summed E-state index contributed by atoms with van der Waals surface area (Å²) in [7, 11) is 4.53. The third kappa shape index (κ3) is 6.01. The molecule has 0 unspecified atom stereocenters. The zero-order valence-corrected chi connectivity index (χ0v) is 23.7. The van der Waals surface area contributed by atoms with Crippen molar-refractivity contribution in [1.29, 1.82) is 0 Å². The maximum Gasteiger partial charge on any atom is 0.255 e. The van der Waals surface area contributed by atoms with Crippen molar-refractivity contribution in [2.75, 3.05) is 64.4 Å². The molecule has 212 valence electrons. The lowest BCUT2D eigenvalue weighted by atomic mass is 10.0. The first-order valence-electron chi connectivity index (χ1n) is 13.0. The number of anilines is 3. The first-order valence-corrected chi connectivity index (χ1v) is 13.0. The molecule has 0 aromatic heterocycles. The number of amides is 2. The Bertz CT molecular complexity index is 1350. The zero-order valence-electron chi connectivity index (χ0n) is 22.9. The quantitative estimate of drug-likeness (QED) is 0.450. The van der Waals surface area contributed by atoms with E-state index in [9.17, 15) is 9.59 Å². The van der Waals surface area contributed by atoms with Crippen molar-refractivity contribution in [1.82, 2.24) is 4.90 Å². The number of morpholine rings is 1. The highest BCUT2D eigenvalue weighted by atomic mass is 35.5. The van der Waals surface area contributed by atoms with E-state index in [-0.39, 0.29) is 24.2 Å². The fourth-order valence-corrected chi connectivity index (χ4v) is 5.11. The molecular weight excluding hydrogens is 534 g/mol. The number of carbonyl (C=O) groups is 2. The van der Waals surface area contributed by atoms with Crippen LogP contribution < -0.4 is 24.4 Å². The molecule has 2 amide bonds. The van der Waals surface area contributed by atoms with Crippen LogP contribution >= 0.6 is 12.4 Å². The van der Waals surface area contributed by atoms with E-state index < -0.39 is 0 Å². The highest BCUT2D eigenvalue weighted by Crippen LogP contribution is 2.40. The van der Waals surface area contributed by atoms with E-state index in [1.807, 2.05) is 41.3 Å². The number of nitrogens with zero attached hydrogens (tertiary/aromatic N) is 2. The van der Waals surface area contributed by atoms with Gasteiger partial charge in [-0.1, -0.05) is 24.3 Å². The second kappa shape index (κ2) is 13.0. The summed E-state index contributed by atoms with van der Waals surface area (Å²) >= 11 is 0. The maximum atomic E-state index is 13.8. The maximum absolute atomic E-state index is 13.8. The van der Waals surface area contributed by atoms with Gasteiger partial charge in [0.15, 0.2) is 11.5 Å². The fourth-order valence-electron chi connectivity index (χ4n) is 5.11. The number of rotatable bonds is 7. The van der Waals surface area contributed by atoms with Gasteiger partial charge < -0.3 is 24.3 Å². The Morgan fingerprint density at radius 3 is 2.15 bits per heavy atom. The summed E-state index contributed by atoms with van der Waals surface area (Å²) in [5.41, 5.74) is 4.75. The Morgan fingerprint density at radius 1 is 0.850 bits per heavy atom. The summed E-state index contributed by atoms with van der Waals surface area (Å²) in [4.78, 5) is 31.0. The molecule has 0 bridgehead atoms. The number of methoxy groups -OCH3 is 3. The third-order valence-electron chi connectivity index (χ3n) is 7.12. The summed E-state index contributed by atoms with van der Waals surface area (Å²) in [5.74, 6) is 0.838. The van der Waals surface area contributed by atoms with Crippen LogP contribution in [0.1, 0.15) is 21.5 Å². The molecule has 1 N–H and O–H groups in total. The van der Waals surface area contributed by atoms with Gasteiger partial charge in [0.2, 0.25) is 11.7 Å². The summed E-state index contributed by atoms with van der Waals surface area (Å²) in [6, 6.07) is 17.0. The Labute approximate surface area is 240 Å². The fraction of sp³-hybridized carbons (Fsp3) is 0.333. The molecule has 1 fully saturated rings. The highest BCUT2D eigenvalue weighted by Gasteiger charge is 2.28. The Kier molecular flexibility index (Phi) is 9.52. The predicted molar refractivity (Wildman–Crippen MR) is 156 cm³/mol. The molecule has 0 aliphatic carbocycles. The first kappa shape index (κ1) is 29.2. The second-order valence-corrected chi connectivity index (χ2v) is 9.46. The van der Waals surface area contributed by atoms with E-state index in [0.717, 1.165) is 48.4 Å². The number of hydrogen-bond acceptors (Lipinski definition) is 7. The Balaban J connectivity index is 0.00000370. The topological polar surface area (TPSA) is 89.6 Å². The van der Waals surface area contributed by atoms with Gasteiger partial charge in [-0.3, -0.25) is 19.4 Å². The zero-order chi connectivity index (χ0) is 27.4. The summed E-state index contributed by atoms with van der Waals surface area (Å²) in [6.07, 6.45) is 1.61. The van der Waals surface area contributed by atoms with Gasteiger partial charge in [-0.05, 0) is 54.3 Å². The molecule has 1 saturated heterocycles. The van der Waals surface area contributed by atoms with Crippen LogP contribution in [0.15, 0.2) is 54.6 Å². The number of para-hydroxylation sites is 1. The molecule has 0 atom stereocenters. The smallest absolute Gasteiger partial charge is 0.255 e. The van der Waals surface area contributed by atoms with E-state index >= 15 is 0 Å². The molecule has 0 radical (unpaired) electrons. The lowest BCUT2D eigenvalue weighted by Gasteiger charge is -2.30. The number of halogens is 1. The Hall–Kier alpha value is -3.79. The van der Waals surface area contributed by atoms with Gasteiger partial charge in [-0.15, -0.1) is 12.4 Å². The van der Waals surface area contributed by atoms with Crippen molar-refractivity contribution in [2.45, 2.75) is 12.8 Å². The van der Waals surface area contributed by atoms with Crippen molar-refractivity contribution in [3.8, 4) is 17.2 Å². The first-order chi connectivity index (χ1) is 19.0. The largest absolute Gasteiger partial charge is 0.493 e. The van der Waals surface area contributed by atoms with Gasteiger partial charge in [-0.25, -0.2) is 0 Å². The minimum atomic E-state index is -0.339. The van der Waals surface area contributed by atoms with Crippen molar-refractivity contribution in [3.63, 3.8) is 0 Å². The number of fused-ring (bicyclic) bond motifs is 2. The minimum absolute atomic E-state index is 0. The normalized spacial score (nSPS) is 14.6. The van der Waals surface area contributed by atoms with Crippen LogP contribution in [-0.2, 0) is 22.4 Å². The molecule has 9 nitrogen and oxygen atoms in total. The molecule has 3 aromatic rings. The molecule has 2 heterocycles. The summed E-state index contributed by atoms with van der Waals surface area (Å²) in [5, 5.41) is 2.98. The van der Waals surface area contributed by atoms with Crippen LogP contribution in [0, 0.1) is 0 Å². The SMILES string of the molecule is COc1cc(C(=O)Nc2ccc3c(c2)N(C(=O)CN2CCOCC2)c2ccccc2CC3)cc(OC)c1OC.Cl. The molecule has 5 rings (SSSR count). The van der Waals surface area contributed by atoms with Crippen LogP contribution in [-0.4, -0.2) is 70.9 Å². The van der Waals surface area contributed by atoms with Gasteiger partial charge in [0.1, 0.15) is 0 Å². The monoisotopic (exact) mass is 567 g/mol. The third-order valence-corrected chi connectivity index (χ3v) is 7.12. The standard InChI is InChI=1S/C30H33N3O6.ClH/c1-36-26-16-22(17-27(37-2)29(26)38-3)30(35)31-23-11-10-21-9-8-20-6-4-5-7-24(20)33(25(21)18-23)28(34)19-32-12-14-39-15-13-32;/h4-7,10-11,16-18H,8-9,12-15,19H2,1-3H3,(H,31,35);1H. The van der Waals surface area contributed by atoms with Gasteiger partial charge in [0.05, 0.1) is 52.5 Å². The van der Waals surface area contributed by atoms with Crippen LogP contribution in [0.2, 0.25) is 0 Å². The molecule has 0 spiro atoms. The Morgan fingerprint density at radius 2 is 1.50 bits per heavy atom. The van der Waals surface area contributed by atoms with E-state index in [1.165, 1.54) is 21.3 Å². The van der Waals surface area contributed by atoms with Crippen LogP contribution in [0.3, 0.4) is 0 Å². The predicted octanol–water partition coefficient (Wildman–Crippen LogP) is 4.48. The van der Waals surface area contributed by atoms with E-state index in [2.05, 4.69) is 16.3 Å². The molecule has 40 heavy (non-hydrogen) atoms. The van der Waals surface area contributed by atoms with Gasteiger partial charge in [0.25, 0.3) is 5.91 Å². The van der Waals surface area contributed by atoms with Crippen molar-refractivity contribution < 1.29 is 28.5 Å². The van der Waals surface area contributed by atoms with Crippen LogP contribution in [0.5, 0.6) is 17.2 Å². The average molecular weight is 568 g/mol. The van der Waals surface area contributed by atoms with Gasteiger partial charge in [0, 0.05) is 24.3 Å². The molecule has 2 aliphatic heterocycles. The van der Waals surface area contributed by atoms with E-state index in [0.29, 0.717) is 48.3 Å². The minimum Gasteiger partial charge on any atom is -0.493 e. The molecule has 3 aromatic carbocycles. The molecule has 0 saturated carbocycles. The number of carbonyl (C=O) groups excluding carboxylic acids is 2. The summed E-state index contributed by atoms with van der Waals surface area (Å²) < 4.78 is 21.6. The number of benzene rings is 3. The highest BCUT2D eigenvalue weighted by molar-refractivity contribution is 6.07. The second-order valence-electron chi connectivity index (χ2n) is 9.46. The van der Waals surface area contributed by atoms with Crippen molar-refractivity contribution in [3.05, 3.63) is 71.3 Å². The summed E-state index contributed by atoms with van der Waals surface area (Å²) in [6.45, 7) is 2.98. The van der Waals surface area contributed by atoms with Crippen LogP contribution in [0.25, 0.3) is 0 Å². The van der Waals surface area contributed by atoms with Crippen LogP contribution in [0.4, 0.5) is 17.1 Å².